The average molecular weight is 318 g/mol. The normalized spacial score (nSPS) is 22.5. The Morgan fingerprint density at radius 1 is 1.41 bits per heavy atom. The first-order chi connectivity index (χ1) is 7.72. The molecule has 1 aromatic rings. The van der Waals surface area contributed by atoms with Crippen molar-refractivity contribution in [1.29, 1.82) is 0 Å². The second-order valence-electron chi connectivity index (χ2n) is 5.30. The molecule has 5 heteroatoms. The number of benzene rings is 1. The van der Waals surface area contributed by atoms with E-state index in [1.807, 2.05) is 13.0 Å². The summed E-state index contributed by atoms with van der Waals surface area (Å²) in [6, 6.07) is 5.31. The molecule has 1 unspecified atom stereocenters. The van der Waals surface area contributed by atoms with Crippen LogP contribution >= 0.6 is 15.9 Å². The van der Waals surface area contributed by atoms with Crippen molar-refractivity contribution >= 4 is 26.0 Å². The Kier molecular flexibility index (Phi) is 3.13. The van der Waals surface area contributed by atoms with Gasteiger partial charge in [-0.05, 0) is 52.4 Å². The summed E-state index contributed by atoms with van der Waals surface area (Å²) in [7, 11) is -3.41. The van der Waals surface area contributed by atoms with Crippen molar-refractivity contribution in [3.63, 3.8) is 0 Å². The van der Waals surface area contributed by atoms with Crippen LogP contribution in [0.1, 0.15) is 25.8 Å². The third-order valence-corrected chi connectivity index (χ3v) is 5.64. The molecule has 3 nitrogen and oxygen atoms in total. The van der Waals surface area contributed by atoms with Crippen LogP contribution < -0.4 is 4.72 Å². The summed E-state index contributed by atoms with van der Waals surface area (Å²) < 4.78 is 27.7. The van der Waals surface area contributed by atoms with E-state index in [1.54, 1.807) is 12.1 Å². The quantitative estimate of drug-likeness (QED) is 0.931. The lowest BCUT2D eigenvalue weighted by molar-refractivity contribution is 0.554. The third-order valence-electron chi connectivity index (χ3n) is 3.19. The van der Waals surface area contributed by atoms with E-state index in [9.17, 15) is 8.42 Å². The predicted molar refractivity (Wildman–Crippen MR) is 71.4 cm³/mol. The Morgan fingerprint density at radius 3 is 2.47 bits per heavy atom. The molecule has 0 spiro atoms. The fourth-order valence-electron chi connectivity index (χ4n) is 1.74. The average Bonchev–Trinajstić information content (AvgIpc) is 2.70. The molecule has 0 saturated heterocycles. The van der Waals surface area contributed by atoms with Gasteiger partial charge in [0.1, 0.15) is 0 Å². The van der Waals surface area contributed by atoms with Gasteiger partial charge in [0.2, 0.25) is 10.0 Å². The molecule has 0 bridgehead atoms. The van der Waals surface area contributed by atoms with Crippen LogP contribution in [0.4, 0.5) is 0 Å². The van der Waals surface area contributed by atoms with Gasteiger partial charge in [0, 0.05) is 10.5 Å². The lowest BCUT2D eigenvalue weighted by Gasteiger charge is -2.10. The van der Waals surface area contributed by atoms with Crippen molar-refractivity contribution in [2.45, 2.75) is 38.1 Å². The van der Waals surface area contributed by atoms with Gasteiger partial charge in [-0.15, -0.1) is 0 Å². The molecule has 1 saturated carbocycles. The smallest absolute Gasteiger partial charge is 0.207 e. The first kappa shape index (κ1) is 13.1. The summed E-state index contributed by atoms with van der Waals surface area (Å²) in [5.74, 6) is 0. The van der Waals surface area contributed by atoms with Gasteiger partial charge < -0.3 is 0 Å². The van der Waals surface area contributed by atoms with Crippen molar-refractivity contribution in [2.75, 3.05) is 0 Å². The molecule has 17 heavy (non-hydrogen) atoms. The minimum atomic E-state index is -3.41. The highest BCUT2D eigenvalue weighted by Gasteiger charge is 2.48. The molecule has 2 rings (SSSR count). The molecule has 1 aromatic carbocycles. The maximum atomic E-state index is 12.2. The first-order valence-electron chi connectivity index (χ1n) is 5.51. The first-order valence-corrected chi connectivity index (χ1v) is 7.78. The Morgan fingerprint density at radius 2 is 2.00 bits per heavy atom. The zero-order valence-corrected chi connectivity index (χ0v) is 12.5. The Labute approximate surface area is 111 Å². The van der Waals surface area contributed by atoms with Gasteiger partial charge >= 0.3 is 0 Å². The molecule has 1 aliphatic rings. The van der Waals surface area contributed by atoms with Gasteiger partial charge in [0.05, 0.1) is 4.90 Å². The van der Waals surface area contributed by atoms with Gasteiger partial charge in [0.25, 0.3) is 0 Å². The molecular weight excluding hydrogens is 302 g/mol. The minimum Gasteiger partial charge on any atom is -0.207 e. The van der Waals surface area contributed by atoms with Crippen LogP contribution in [0.5, 0.6) is 0 Å². The maximum Gasteiger partial charge on any atom is 0.241 e. The van der Waals surface area contributed by atoms with Gasteiger partial charge in [-0.2, -0.15) is 0 Å². The van der Waals surface area contributed by atoms with E-state index in [-0.39, 0.29) is 11.5 Å². The maximum absolute atomic E-state index is 12.2. The SMILES string of the molecule is Cc1ccc(S(=O)(=O)NC2CC2(C)C)c(Br)c1. The largest absolute Gasteiger partial charge is 0.241 e. The van der Waals surface area contributed by atoms with Crippen molar-refractivity contribution in [3.05, 3.63) is 28.2 Å². The van der Waals surface area contributed by atoms with Gasteiger partial charge in [-0.1, -0.05) is 19.9 Å². The number of halogens is 1. The Bertz CT molecular complexity index is 552. The van der Waals surface area contributed by atoms with Crippen LogP contribution in [0.15, 0.2) is 27.6 Å². The number of hydrogen-bond donors (Lipinski definition) is 1. The molecular formula is C12H16BrNO2S. The summed E-state index contributed by atoms with van der Waals surface area (Å²) in [4.78, 5) is 0.311. The third kappa shape index (κ3) is 2.72. The van der Waals surface area contributed by atoms with E-state index in [0.29, 0.717) is 9.37 Å². The standard InChI is InChI=1S/C12H16BrNO2S/c1-8-4-5-10(9(13)6-8)17(15,16)14-11-7-12(11,2)3/h4-6,11,14H,7H2,1-3H3. The molecule has 1 aliphatic carbocycles. The molecule has 94 valence electrons. The minimum absolute atomic E-state index is 0.0562. The van der Waals surface area contributed by atoms with Crippen molar-refractivity contribution in [3.8, 4) is 0 Å². The molecule has 1 N–H and O–H groups in total. The molecule has 0 radical (unpaired) electrons. The molecule has 0 amide bonds. The summed E-state index contributed by atoms with van der Waals surface area (Å²) in [6.07, 6.45) is 0.899. The van der Waals surface area contributed by atoms with Crippen LogP contribution in [0, 0.1) is 12.3 Å². The van der Waals surface area contributed by atoms with E-state index in [1.165, 1.54) is 0 Å². The highest BCUT2D eigenvalue weighted by molar-refractivity contribution is 9.10. The second-order valence-corrected chi connectivity index (χ2v) is 7.84. The topological polar surface area (TPSA) is 46.2 Å². The van der Waals surface area contributed by atoms with Gasteiger partial charge in [-0.3, -0.25) is 0 Å². The van der Waals surface area contributed by atoms with Crippen LogP contribution in [0.2, 0.25) is 0 Å². The van der Waals surface area contributed by atoms with Gasteiger partial charge in [-0.25, -0.2) is 13.1 Å². The zero-order chi connectivity index (χ0) is 12.8. The van der Waals surface area contributed by atoms with E-state index >= 15 is 0 Å². The summed E-state index contributed by atoms with van der Waals surface area (Å²) in [6.45, 7) is 6.05. The molecule has 0 aromatic heterocycles. The Hall–Kier alpha value is -0.390. The van der Waals surface area contributed by atoms with E-state index in [2.05, 4.69) is 34.5 Å². The summed E-state index contributed by atoms with van der Waals surface area (Å²) >= 11 is 3.30. The zero-order valence-electron chi connectivity index (χ0n) is 10.1. The van der Waals surface area contributed by atoms with Crippen LogP contribution in [-0.4, -0.2) is 14.5 Å². The van der Waals surface area contributed by atoms with Crippen molar-refractivity contribution in [2.24, 2.45) is 5.41 Å². The second kappa shape index (κ2) is 4.07. The predicted octanol–water partition coefficient (Wildman–Crippen LogP) is 2.83. The fourth-order valence-corrected chi connectivity index (χ4v) is 4.34. The number of rotatable bonds is 3. The van der Waals surface area contributed by atoms with Gasteiger partial charge in [0.15, 0.2) is 0 Å². The number of sulfonamides is 1. The lowest BCUT2D eigenvalue weighted by atomic mass is 10.2. The lowest BCUT2D eigenvalue weighted by Crippen LogP contribution is -2.28. The van der Waals surface area contributed by atoms with Crippen LogP contribution in [0.25, 0.3) is 0 Å². The molecule has 0 aliphatic heterocycles. The van der Waals surface area contributed by atoms with E-state index in [4.69, 9.17) is 0 Å². The highest BCUT2D eigenvalue weighted by Crippen LogP contribution is 2.45. The van der Waals surface area contributed by atoms with Crippen LogP contribution in [0.3, 0.4) is 0 Å². The number of hydrogen-bond acceptors (Lipinski definition) is 2. The monoisotopic (exact) mass is 317 g/mol. The number of nitrogens with one attached hydrogen (secondary N) is 1. The van der Waals surface area contributed by atoms with Crippen molar-refractivity contribution in [1.82, 2.24) is 4.72 Å². The van der Waals surface area contributed by atoms with E-state index < -0.39 is 10.0 Å². The Balaban J connectivity index is 2.26. The summed E-state index contributed by atoms with van der Waals surface area (Å²) in [5.41, 5.74) is 1.12. The van der Waals surface area contributed by atoms with E-state index in [0.717, 1.165) is 12.0 Å². The summed E-state index contributed by atoms with van der Waals surface area (Å²) in [5, 5.41) is 0. The molecule has 1 atom stereocenters. The van der Waals surface area contributed by atoms with Crippen LogP contribution in [-0.2, 0) is 10.0 Å². The highest BCUT2D eigenvalue weighted by atomic mass is 79.9. The fraction of sp³-hybridized carbons (Fsp3) is 0.500. The molecule has 1 fully saturated rings. The molecule has 0 heterocycles. The van der Waals surface area contributed by atoms with Crippen molar-refractivity contribution < 1.29 is 8.42 Å². The number of aryl methyl sites for hydroxylation is 1.